The van der Waals surface area contributed by atoms with Gasteiger partial charge in [-0.3, -0.25) is 14.5 Å². The van der Waals surface area contributed by atoms with Gasteiger partial charge in [0.1, 0.15) is 0 Å². The Bertz CT molecular complexity index is 390. The summed E-state index contributed by atoms with van der Waals surface area (Å²) in [5.74, 6) is -1.69. The van der Waals surface area contributed by atoms with E-state index in [0.717, 1.165) is 4.90 Å². The summed E-state index contributed by atoms with van der Waals surface area (Å²) in [6.07, 6.45) is -2.32. The topological polar surface area (TPSA) is 49.4 Å². The van der Waals surface area contributed by atoms with E-state index >= 15 is 0 Å². The van der Waals surface area contributed by atoms with Gasteiger partial charge in [0.25, 0.3) is 0 Å². The van der Waals surface area contributed by atoms with Crippen LogP contribution in [0.2, 0.25) is 0 Å². The van der Waals surface area contributed by atoms with Crippen molar-refractivity contribution in [3.05, 3.63) is 0 Å². The minimum Gasteiger partial charge on any atom is -0.303 e. The normalized spacial score (nSPS) is 32.6. The number of halogens is 3. The molecule has 1 heterocycles. The second kappa shape index (κ2) is 5.71. The standard InChI is InChI=1S/C13H19F3N2O2/c1-18-11(19)7-6-10(12(18)20)17-9-4-2-8(3-5-9)13(14,15)16/h8-10,17H,2-7H2,1H3. The molecule has 2 fully saturated rings. The molecule has 114 valence electrons. The summed E-state index contributed by atoms with van der Waals surface area (Å²) < 4.78 is 37.7. The molecule has 2 amide bonds. The third kappa shape index (κ3) is 3.31. The van der Waals surface area contributed by atoms with Gasteiger partial charge in [-0.05, 0) is 32.1 Å². The number of rotatable bonds is 2. The highest BCUT2D eigenvalue weighted by molar-refractivity contribution is 6.00. The number of carbonyl (C=O) groups excluding carboxylic acids is 2. The Kier molecular flexibility index (Phi) is 4.36. The van der Waals surface area contributed by atoms with E-state index in [1.165, 1.54) is 7.05 Å². The maximum atomic E-state index is 12.6. The van der Waals surface area contributed by atoms with Gasteiger partial charge in [-0.2, -0.15) is 13.2 Å². The van der Waals surface area contributed by atoms with Gasteiger partial charge in [0.05, 0.1) is 12.0 Å². The number of imide groups is 1. The maximum absolute atomic E-state index is 12.6. The van der Waals surface area contributed by atoms with Gasteiger partial charge in [-0.1, -0.05) is 0 Å². The van der Waals surface area contributed by atoms with Crippen LogP contribution >= 0.6 is 0 Å². The minimum atomic E-state index is -4.11. The summed E-state index contributed by atoms with van der Waals surface area (Å²) in [4.78, 5) is 24.3. The number of hydrogen-bond acceptors (Lipinski definition) is 3. The van der Waals surface area contributed by atoms with Gasteiger partial charge in [0, 0.05) is 19.5 Å². The van der Waals surface area contributed by atoms with E-state index in [-0.39, 0.29) is 30.7 Å². The molecule has 0 spiro atoms. The van der Waals surface area contributed by atoms with Crippen LogP contribution in [-0.4, -0.2) is 42.0 Å². The molecule has 1 aliphatic heterocycles. The Labute approximate surface area is 115 Å². The smallest absolute Gasteiger partial charge is 0.303 e. The molecule has 1 atom stereocenters. The molecule has 1 unspecified atom stereocenters. The lowest BCUT2D eigenvalue weighted by atomic mass is 9.85. The van der Waals surface area contributed by atoms with Crippen molar-refractivity contribution in [3.63, 3.8) is 0 Å². The van der Waals surface area contributed by atoms with Crippen LogP contribution in [0.15, 0.2) is 0 Å². The third-order valence-electron chi connectivity index (χ3n) is 4.28. The second-order valence-electron chi connectivity index (χ2n) is 5.64. The van der Waals surface area contributed by atoms with Crippen LogP contribution in [0.1, 0.15) is 38.5 Å². The van der Waals surface area contributed by atoms with Gasteiger partial charge < -0.3 is 5.32 Å². The number of alkyl halides is 3. The molecule has 20 heavy (non-hydrogen) atoms. The first-order chi connectivity index (χ1) is 9.29. The van der Waals surface area contributed by atoms with E-state index in [0.29, 0.717) is 25.7 Å². The number of nitrogens with one attached hydrogen (secondary N) is 1. The van der Waals surface area contributed by atoms with Crippen LogP contribution in [0, 0.1) is 5.92 Å². The van der Waals surface area contributed by atoms with Gasteiger partial charge >= 0.3 is 6.18 Å². The number of likely N-dealkylation sites (tertiary alicyclic amines) is 1. The summed E-state index contributed by atoms with van der Waals surface area (Å²) in [6, 6.07) is -0.505. The first-order valence-electron chi connectivity index (χ1n) is 6.92. The zero-order valence-electron chi connectivity index (χ0n) is 11.4. The van der Waals surface area contributed by atoms with Crippen molar-refractivity contribution in [2.24, 2.45) is 5.92 Å². The lowest BCUT2D eigenvalue weighted by Crippen LogP contribution is -2.54. The summed E-state index contributed by atoms with van der Waals surface area (Å²) in [5, 5.41) is 3.12. The van der Waals surface area contributed by atoms with Crippen molar-refractivity contribution < 1.29 is 22.8 Å². The minimum absolute atomic E-state index is 0.0656. The maximum Gasteiger partial charge on any atom is 0.391 e. The molecule has 1 N–H and O–H groups in total. The highest BCUT2D eigenvalue weighted by Gasteiger charge is 2.42. The Morgan fingerprint density at radius 2 is 1.70 bits per heavy atom. The number of amides is 2. The summed E-state index contributed by atoms with van der Waals surface area (Å²) in [6.45, 7) is 0. The summed E-state index contributed by atoms with van der Waals surface area (Å²) in [5.41, 5.74) is 0. The Balaban J connectivity index is 1.84. The van der Waals surface area contributed by atoms with E-state index in [9.17, 15) is 22.8 Å². The Hall–Kier alpha value is -1.11. The molecule has 0 aromatic carbocycles. The van der Waals surface area contributed by atoms with Crippen LogP contribution in [0.3, 0.4) is 0 Å². The molecule has 0 radical (unpaired) electrons. The fraction of sp³-hybridized carbons (Fsp3) is 0.846. The molecule has 1 aliphatic carbocycles. The number of hydrogen-bond donors (Lipinski definition) is 1. The molecule has 1 saturated carbocycles. The van der Waals surface area contributed by atoms with Crippen molar-refractivity contribution in [1.29, 1.82) is 0 Å². The number of likely N-dealkylation sites (N-methyl/N-ethyl adjacent to an activating group) is 1. The molecular formula is C13H19F3N2O2. The van der Waals surface area contributed by atoms with Crippen LogP contribution in [0.4, 0.5) is 13.2 Å². The van der Waals surface area contributed by atoms with Crippen molar-refractivity contribution in [2.45, 2.75) is 56.8 Å². The van der Waals surface area contributed by atoms with Crippen LogP contribution in [-0.2, 0) is 9.59 Å². The predicted octanol–water partition coefficient (Wildman–Crippen LogP) is 1.84. The first kappa shape index (κ1) is 15.3. The van der Waals surface area contributed by atoms with Crippen LogP contribution < -0.4 is 5.32 Å². The zero-order valence-corrected chi connectivity index (χ0v) is 11.4. The van der Waals surface area contributed by atoms with Crippen molar-refractivity contribution in [2.75, 3.05) is 7.05 Å². The van der Waals surface area contributed by atoms with Crippen molar-refractivity contribution >= 4 is 11.8 Å². The van der Waals surface area contributed by atoms with E-state index in [1.807, 2.05) is 0 Å². The number of nitrogens with zero attached hydrogens (tertiary/aromatic N) is 1. The summed E-state index contributed by atoms with van der Waals surface area (Å²) in [7, 11) is 1.44. The SMILES string of the molecule is CN1C(=O)CCC(NC2CCC(C(F)(F)F)CC2)C1=O. The Morgan fingerprint density at radius 1 is 1.10 bits per heavy atom. The zero-order chi connectivity index (χ0) is 14.9. The highest BCUT2D eigenvalue weighted by Crippen LogP contribution is 2.37. The van der Waals surface area contributed by atoms with Crippen LogP contribution in [0.5, 0.6) is 0 Å². The number of piperidine rings is 1. The van der Waals surface area contributed by atoms with Gasteiger partial charge in [-0.15, -0.1) is 0 Å². The molecule has 0 aromatic heterocycles. The summed E-state index contributed by atoms with van der Waals surface area (Å²) >= 11 is 0. The van der Waals surface area contributed by atoms with E-state index in [2.05, 4.69) is 5.32 Å². The molecule has 7 heteroatoms. The molecule has 2 rings (SSSR count). The van der Waals surface area contributed by atoms with Crippen molar-refractivity contribution in [1.82, 2.24) is 10.2 Å². The second-order valence-corrected chi connectivity index (χ2v) is 5.64. The lowest BCUT2D eigenvalue weighted by molar-refractivity contribution is -0.183. The quantitative estimate of drug-likeness (QED) is 0.790. The number of carbonyl (C=O) groups is 2. The average Bonchev–Trinajstić information content (AvgIpc) is 2.39. The lowest BCUT2D eigenvalue weighted by Gasteiger charge is -2.35. The predicted molar refractivity (Wildman–Crippen MR) is 65.7 cm³/mol. The molecule has 0 aromatic rings. The van der Waals surface area contributed by atoms with Crippen LogP contribution in [0.25, 0.3) is 0 Å². The molecule has 1 saturated heterocycles. The van der Waals surface area contributed by atoms with Gasteiger partial charge in [0.2, 0.25) is 11.8 Å². The molecule has 2 aliphatic rings. The molecule has 4 nitrogen and oxygen atoms in total. The van der Waals surface area contributed by atoms with Gasteiger partial charge in [0.15, 0.2) is 0 Å². The Morgan fingerprint density at radius 3 is 2.25 bits per heavy atom. The third-order valence-corrected chi connectivity index (χ3v) is 4.28. The highest BCUT2D eigenvalue weighted by atomic mass is 19.4. The fourth-order valence-electron chi connectivity index (χ4n) is 2.94. The van der Waals surface area contributed by atoms with E-state index in [4.69, 9.17) is 0 Å². The van der Waals surface area contributed by atoms with E-state index < -0.39 is 18.1 Å². The molecule has 0 bridgehead atoms. The largest absolute Gasteiger partial charge is 0.391 e. The fourth-order valence-corrected chi connectivity index (χ4v) is 2.94. The van der Waals surface area contributed by atoms with Gasteiger partial charge in [-0.25, -0.2) is 0 Å². The molecular weight excluding hydrogens is 273 g/mol. The average molecular weight is 292 g/mol. The monoisotopic (exact) mass is 292 g/mol. The van der Waals surface area contributed by atoms with Crippen molar-refractivity contribution in [3.8, 4) is 0 Å². The van der Waals surface area contributed by atoms with E-state index in [1.54, 1.807) is 0 Å². The first-order valence-corrected chi connectivity index (χ1v) is 6.92.